The summed E-state index contributed by atoms with van der Waals surface area (Å²) in [7, 11) is 1.16. The maximum absolute atomic E-state index is 8.35. The first-order valence-corrected chi connectivity index (χ1v) is 4.45. The first kappa shape index (κ1) is 17.1. The van der Waals surface area contributed by atoms with E-state index in [-0.39, 0.29) is 0 Å². The predicted molar refractivity (Wildman–Crippen MR) is 47.9 cm³/mol. The van der Waals surface area contributed by atoms with E-state index >= 15 is 0 Å². The van der Waals surface area contributed by atoms with Crippen molar-refractivity contribution in [2.24, 2.45) is 0 Å². The number of ether oxygens (including phenoxy) is 1. The molecule has 70 valence electrons. The smallest absolute Gasteiger partial charge is 0.231 e. The van der Waals surface area contributed by atoms with E-state index in [2.05, 4.69) is 6.92 Å². The Bertz CT molecular complexity index is 126. The highest BCUT2D eigenvalue weighted by Gasteiger charge is 1.83. The second-order valence-corrected chi connectivity index (χ2v) is 3.33. The Balaban J connectivity index is -0.000000115. The van der Waals surface area contributed by atoms with Gasteiger partial charge in [0.2, 0.25) is 12.2 Å². The average molecular weight is 190 g/mol. The molecule has 12 heavy (non-hydrogen) atoms. The Morgan fingerprint density at radius 3 is 1.67 bits per heavy atom. The monoisotopic (exact) mass is 190 g/mol. The molecule has 5 nitrogen and oxygen atoms in total. The summed E-state index contributed by atoms with van der Waals surface area (Å²) in [5, 5.41) is 10.8. The predicted octanol–water partition coefficient (Wildman–Crippen LogP) is -0.464. The summed E-state index contributed by atoms with van der Waals surface area (Å²) in [6.07, 6.45) is 1.50. The van der Waals surface area contributed by atoms with Crippen molar-refractivity contribution >= 4 is 22.4 Å². The zero-order chi connectivity index (χ0) is 10.4. The van der Waals surface area contributed by atoms with Gasteiger partial charge in [-0.05, 0) is 13.8 Å². The van der Waals surface area contributed by atoms with Crippen molar-refractivity contribution in [2.75, 3.05) is 6.61 Å². The molecule has 0 aromatic carbocycles. The van der Waals surface area contributed by atoms with Crippen LogP contribution >= 0.6 is 0 Å². The molecule has 0 aromatic rings. The van der Waals surface area contributed by atoms with E-state index in [4.69, 9.17) is 25.1 Å². The van der Waals surface area contributed by atoms with Crippen molar-refractivity contribution in [2.45, 2.75) is 19.6 Å². The van der Waals surface area contributed by atoms with Crippen LogP contribution in [0.3, 0.4) is 0 Å². The molecule has 0 aliphatic carbocycles. The van der Waals surface area contributed by atoms with Gasteiger partial charge in [-0.3, -0.25) is 0 Å². The number of hydrogen-bond acceptors (Lipinski definition) is 5. The third-order valence-electron chi connectivity index (χ3n) is 0.500. The summed E-state index contributed by atoms with van der Waals surface area (Å²) in [6, 6.07) is 0. The van der Waals surface area contributed by atoms with Crippen LogP contribution in [0.2, 0.25) is 0 Å². The molecule has 6 heteroatoms. The number of hydrogen-bond donors (Lipinski definition) is 2. The first-order chi connectivity index (χ1) is 5.60. The normalized spacial score (nSPS) is 8.83. The lowest BCUT2D eigenvalue weighted by Crippen LogP contribution is -2.05. The minimum Gasteiger partial charge on any atom is -0.383 e. The molecule has 0 fully saturated rings. The SMILES string of the molecule is CCOC(C)[SiH3].N=C=O.N=C=O. The van der Waals surface area contributed by atoms with Gasteiger partial charge in [0.25, 0.3) is 0 Å². The van der Waals surface area contributed by atoms with Gasteiger partial charge >= 0.3 is 0 Å². The number of nitrogens with one attached hydrogen (secondary N) is 2. The van der Waals surface area contributed by atoms with E-state index in [9.17, 15) is 0 Å². The van der Waals surface area contributed by atoms with Gasteiger partial charge in [0.1, 0.15) is 0 Å². The fourth-order valence-corrected chi connectivity index (χ4v) is 0.667. The molecule has 0 bridgehead atoms. The molecule has 0 amide bonds. The van der Waals surface area contributed by atoms with E-state index in [0.29, 0.717) is 5.73 Å². The lowest BCUT2D eigenvalue weighted by Gasteiger charge is -2.00. The second kappa shape index (κ2) is 22.5. The number of carbonyl (C=O) groups excluding carboxylic acids is 2. The molecule has 2 N–H and O–H groups in total. The fourth-order valence-electron chi connectivity index (χ4n) is 0.333. The third kappa shape index (κ3) is 150. The Kier molecular flexibility index (Phi) is 32.2. The summed E-state index contributed by atoms with van der Waals surface area (Å²) >= 11 is 0. The second-order valence-electron chi connectivity index (χ2n) is 1.71. The minimum atomic E-state index is 0.537. The topological polar surface area (TPSA) is 91.1 Å². The van der Waals surface area contributed by atoms with Gasteiger partial charge in [-0.1, -0.05) is 0 Å². The summed E-state index contributed by atoms with van der Waals surface area (Å²) in [4.78, 5) is 16.7. The summed E-state index contributed by atoms with van der Waals surface area (Å²) in [6.45, 7) is 4.98. The highest BCUT2D eigenvalue weighted by molar-refractivity contribution is 6.10. The third-order valence-corrected chi connectivity index (χ3v) is 0.833. The molecule has 0 radical (unpaired) electrons. The van der Waals surface area contributed by atoms with Crippen molar-refractivity contribution in [1.82, 2.24) is 0 Å². The van der Waals surface area contributed by atoms with Crippen LogP contribution in [0, 0.1) is 10.8 Å². The van der Waals surface area contributed by atoms with Crippen molar-refractivity contribution < 1.29 is 14.3 Å². The average Bonchev–Trinajstić information content (AvgIpc) is 1.89. The molecule has 0 saturated carbocycles. The van der Waals surface area contributed by atoms with E-state index in [1.807, 2.05) is 6.92 Å². The maximum Gasteiger partial charge on any atom is 0.231 e. The Morgan fingerprint density at radius 2 is 1.67 bits per heavy atom. The summed E-state index contributed by atoms with van der Waals surface area (Å²) in [5.41, 5.74) is 0.537. The summed E-state index contributed by atoms with van der Waals surface area (Å²) in [5.74, 6) is 0. The van der Waals surface area contributed by atoms with Crippen LogP contribution in [-0.2, 0) is 14.3 Å². The van der Waals surface area contributed by atoms with Gasteiger partial charge < -0.3 is 4.74 Å². The molecule has 0 aliphatic rings. The van der Waals surface area contributed by atoms with E-state index < -0.39 is 0 Å². The highest BCUT2D eigenvalue weighted by Crippen LogP contribution is 1.78. The standard InChI is InChI=1S/C4H12OSi.2CHNO/c1-3-5-4(2)6;2*2-1-3/h4H,3H2,1-2,6H3;2*2H. The lowest BCUT2D eigenvalue weighted by molar-refractivity contribution is 0.132. The molecule has 0 saturated heterocycles. The molecular weight excluding hydrogens is 176 g/mol. The van der Waals surface area contributed by atoms with Gasteiger partial charge in [-0.2, -0.15) is 0 Å². The Hall–Kier alpha value is -1.06. The van der Waals surface area contributed by atoms with E-state index in [0.717, 1.165) is 29.0 Å². The summed E-state index contributed by atoms with van der Waals surface area (Å²) < 4.78 is 5.10. The zero-order valence-corrected chi connectivity index (χ0v) is 9.51. The van der Waals surface area contributed by atoms with Gasteiger partial charge in [0.15, 0.2) is 0 Å². The van der Waals surface area contributed by atoms with Gasteiger partial charge in [-0.25, -0.2) is 20.4 Å². The van der Waals surface area contributed by atoms with Crippen LogP contribution in [-0.4, -0.2) is 34.7 Å². The van der Waals surface area contributed by atoms with Crippen molar-refractivity contribution in [3.63, 3.8) is 0 Å². The van der Waals surface area contributed by atoms with Crippen LogP contribution in [0.25, 0.3) is 0 Å². The van der Waals surface area contributed by atoms with Crippen LogP contribution in [0.15, 0.2) is 0 Å². The van der Waals surface area contributed by atoms with E-state index in [1.165, 1.54) is 0 Å². The van der Waals surface area contributed by atoms with Crippen molar-refractivity contribution in [3.05, 3.63) is 0 Å². The van der Waals surface area contributed by atoms with Crippen LogP contribution < -0.4 is 0 Å². The molecule has 0 heterocycles. The van der Waals surface area contributed by atoms with Crippen molar-refractivity contribution in [3.8, 4) is 0 Å². The van der Waals surface area contributed by atoms with Crippen molar-refractivity contribution in [1.29, 1.82) is 10.8 Å². The highest BCUT2D eigenvalue weighted by atomic mass is 28.1. The largest absolute Gasteiger partial charge is 0.383 e. The van der Waals surface area contributed by atoms with Crippen LogP contribution in [0.4, 0.5) is 0 Å². The van der Waals surface area contributed by atoms with Gasteiger partial charge in [0.05, 0.1) is 0 Å². The van der Waals surface area contributed by atoms with Gasteiger partial charge in [0, 0.05) is 22.6 Å². The first-order valence-electron chi connectivity index (χ1n) is 3.29. The quantitative estimate of drug-likeness (QED) is 0.350. The number of isocyanates is 2. The van der Waals surface area contributed by atoms with Crippen LogP contribution in [0.5, 0.6) is 0 Å². The molecule has 1 atom stereocenters. The molecule has 0 aromatic heterocycles. The molecular formula is C6H14N2O3Si. The molecule has 0 aliphatic heterocycles. The van der Waals surface area contributed by atoms with E-state index in [1.54, 1.807) is 0 Å². The molecule has 0 spiro atoms. The van der Waals surface area contributed by atoms with Crippen LogP contribution in [0.1, 0.15) is 13.8 Å². The minimum absolute atomic E-state index is 0.537. The Morgan fingerprint density at radius 1 is 1.42 bits per heavy atom. The maximum atomic E-state index is 8.35. The molecule has 1 unspecified atom stereocenters. The molecule has 0 rings (SSSR count). The van der Waals surface area contributed by atoms with Gasteiger partial charge in [-0.15, -0.1) is 0 Å². The lowest BCUT2D eigenvalue weighted by atomic mass is 10.8. The zero-order valence-electron chi connectivity index (χ0n) is 7.51. The fraction of sp³-hybridized carbons (Fsp3) is 0.667. The number of rotatable bonds is 2. The Labute approximate surface area is 74.6 Å².